The second kappa shape index (κ2) is 6.71. The van der Waals surface area contributed by atoms with Gasteiger partial charge in [-0.2, -0.15) is 5.10 Å². The summed E-state index contributed by atoms with van der Waals surface area (Å²) in [7, 11) is 0. The molecule has 1 N–H and O–H groups in total. The molecule has 0 aliphatic carbocycles. The molecule has 0 spiro atoms. The average Bonchev–Trinajstić information content (AvgIpc) is 2.92. The van der Waals surface area contributed by atoms with Gasteiger partial charge in [-0.05, 0) is 37.0 Å². The molecule has 3 nitrogen and oxygen atoms in total. The number of rotatable bonds is 6. The predicted molar refractivity (Wildman–Crippen MR) is 83.7 cm³/mol. The van der Waals surface area contributed by atoms with Gasteiger partial charge in [-0.25, -0.2) is 0 Å². The van der Waals surface area contributed by atoms with E-state index in [1.165, 1.54) is 16.8 Å². The summed E-state index contributed by atoms with van der Waals surface area (Å²) >= 11 is 0. The molecule has 1 atom stereocenters. The molecular formula is C17H25N3. The van der Waals surface area contributed by atoms with Crippen LogP contribution < -0.4 is 5.32 Å². The number of nitrogens with one attached hydrogen (secondary N) is 1. The fourth-order valence-corrected chi connectivity index (χ4v) is 2.34. The van der Waals surface area contributed by atoms with Crippen LogP contribution in [0.5, 0.6) is 0 Å². The van der Waals surface area contributed by atoms with Crippen molar-refractivity contribution in [2.24, 2.45) is 0 Å². The Hall–Kier alpha value is -1.61. The number of aryl methyl sites for hydroxylation is 1. The van der Waals surface area contributed by atoms with Crippen molar-refractivity contribution in [2.75, 3.05) is 0 Å². The number of benzene rings is 1. The minimum absolute atomic E-state index is 0.344. The van der Waals surface area contributed by atoms with E-state index in [0.717, 1.165) is 13.1 Å². The SMILES string of the molecule is CCn1nccc1CNC(C)c1ccc(C(C)C)cc1. The molecule has 0 saturated heterocycles. The Morgan fingerprint density at radius 1 is 1.05 bits per heavy atom. The van der Waals surface area contributed by atoms with Crippen molar-refractivity contribution in [2.45, 2.75) is 52.7 Å². The molecule has 0 fully saturated rings. The highest BCUT2D eigenvalue weighted by atomic mass is 15.3. The van der Waals surface area contributed by atoms with Crippen molar-refractivity contribution >= 4 is 0 Å². The summed E-state index contributed by atoms with van der Waals surface area (Å²) in [5, 5.41) is 7.86. The Morgan fingerprint density at radius 2 is 1.70 bits per heavy atom. The van der Waals surface area contributed by atoms with Crippen LogP contribution >= 0.6 is 0 Å². The van der Waals surface area contributed by atoms with Gasteiger partial charge in [0.15, 0.2) is 0 Å². The summed E-state index contributed by atoms with van der Waals surface area (Å²) in [6.07, 6.45) is 1.86. The quantitative estimate of drug-likeness (QED) is 0.864. The minimum atomic E-state index is 0.344. The Morgan fingerprint density at radius 3 is 2.30 bits per heavy atom. The summed E-state index contributed by atoms with van der Waals surface area (Å²) < 4.78 is 2.03. The maximum absolute atomic E-state index is 4.29. The van der Waals surface area contributed by atoms with Gasteiger partial charge >= 0.3 is 0 Å². The zero-order chi connectivity index (χ0) is 14.5. The molecule has 2 aromatic rings. The minimum Gasteiger partial charge on any atom is -0.305 e. The molecule has 1 unspecified atom stereocenters. The van der Waals surface area contributed by atoms with E-state index in [2.05, 4.69) is 68.4 Å². The summed E-state index contributed by atoms with van der Waals surface area (Å²) in [6.45, 7) is 10.5. The van der Waals surface area contributed by atoms with E-state index >= 15 is 0 Å². The van der Waals surface area contributed by atoms with E-state index in [1.54, 1.807) is 0 Å². The van der Waals surface area contributed by atoms with Crippen LogP contribution in [0.3, 0.4) is 0 Å². The smallest absolute Gasteiger partial charge is 0.0522 e. The molecule has 1 heterocycles. The molecule has 0 aliphatic rings. The Labute approximate surface area is 122 Å². The van der Waals surface area contributed by atoms with Gasteiger partial charge in [-0.3, -0.25) is 4.68 Å². The van der Waals surface area contributed by atoms with Crippen LogP contribution in [-0.4, -0.2) is 9.78 Å². The molecule has 0 saturated carbocycles. The van der Waals surface area contributed by atoms with Gasteiger partial charge in [-0.15, -0.1) is 0 Å². The highest BCUT2D eigenvalue weighted by Gasteiger charge is 2.07. The van der Waals surface area contributed by atoms with Gasteiger partial charge in [0.25, 0.3) is 0 Å². The maximum Gasteiger partial charge on any atom is 0.0522 e. The molecule has 108 valence electrons. The fraction of sp³-hybridized carbons (Fsp3) is 0.471. The van der Waals surface area contributed by atoms with Crippen molar-refractivity contribution in [1.29, 1.82) is 0 Å². The van der Waals surface area contributed by atoms with Crippen LogP contribution in [0.15, 0.2) is 36.5 Å². The van der Waals surface area contributed by atoms with Crippen LogP contribution in [0.25, 0.3) is 0 Å². The normalized spacial score (nSPS) is 12.8. The summed E-state index contributed by atoms with van der Waals surface area (Å²) in [5.74, 6) is 0.589. The van der Waals surface area contributed by atoms with Gasteiger partial charge in [0.1, 0.15) is 0 Å². The van der Waals surface area contributed by atoms with E-state index in [1.807, 2.05) is 10.9 Å². The lowest BCUT2D eigenvalue weighted by atomic mass is 9.99. The monoisotopic (exact) mass is 271 g/mol. The van der Waals surface area contributed by atoms with Crippen LogP contribution in [0.2, 0.25) is 0 Å². The predicted octanol–water partition coefficient (Wildman–Crippen LogP) is 3.88. The van der Waals surface area contributed by atoms with E-state index < -0.39 is 0 Å². The molecular weight excluding hydrogens is 246 g/mol. The first-order valence-corrected chi connectivity index (χ1v) is 7.45. The Bertz CT molecular complexity index is 525. The van der Waals surface area contributed by atoms with E-state index in [4.69, 9.17) is 0 Å². The molecule has 20 heavy (non-hydrogen) atoms. The van der Waals surface area contributed by atoms with Crippen molar-refractivity contribution in [3.8, 4) is 0 Å². The number of nitrogens with zero attached hydrogens (tertiary/aromatic N) is 2. The third kappa shape index (κ3) is 3.48. The standard InChI is InChI=1S/C17H25N3/c1-5-20-17(10-11-19-20)12-18-14(4)16-8-6-15(7-9-16)13(2)3/h6-11,13-14,18H,5,12H2,1-4H3. The highest BCUT2D eigenvalue weighted by Crippen LogP contribution is 2.18. The molecule has 3 heteroatoms. The molecule has 2 rings (SSSR count). The van der Waals surface area contributed by atoms with Crippen LogP contribution in [0, 0.1) is 0 Å². The van der Waals surface area contributed by atoms with Gasteiger partial charge < -0.3 is 5.32 Å². The van der Waals surface area contributed by atoms with E-state index in [-0.39, 0.29) is 0 Å². The Kier molecular flexibility index (Phi) is 4.96. The zero-order valence-electron chi connectivity index (χ0n) is 12.9. The lowest BCUT2D eigenvalue weighted by Gasteiger charge is -2.16. The topological polar surface area (TPSA) is 29.9 Å². The first-order valence-electron chi connectivity index (χ1n) is 7.45. The molecule has 0 amide bonds. The first-order chi connectivity index (χ1) is 9.61. The largest absolute Gasteiger partial charge is 0.305 e. The summed E-state index contributed by atoms with van der Waals surface area (Å²) in [5.41, 5.74) is 3.96. The number of hydrogen-bond acceptors (Lipinski definition) is 2. The molecule has 0 bridgehead atoms. The number of aromatic nitrogens is 2. The second-order valence-electron chi connectivity index (χ2n) is 5.56. The maximum atomic E-state index is 4.29. The zero-order valence-corrected chi connectivity index (χ0v) is 12.9. The van der Waals surface area contributed by atoms with E-state index in [9.17, 15) is 0 Å². The lowest BCUT2D eigenvalue weighted by molar-refractivity contribution is 0.531. The molecule has 1 aromatic heterocycles. The second-order valence-corrected chi connectivity index (χ2v) is 5.56. The van der Waals surface area contributed by atoms with Crippen molar-refractivity contribution in [3.63, 3.8) is 0 Å². The molecule has 1 aromatic carbocycles. The molecule has 0 radical (unpaired) electrons. The van der Waals surface area contributed by atoms with Gasteiger partial charge in [-0.1, -0.05) is 38.1 Å². The third-order valence-electron chi connectivity index (χ3n) is 3.80. The average molecular weight is 271 g/mol. The van der Waals surface area contributed by atoms with Gasteiger partial charge in [0.2, 0.25) is 0 Å². The lowest BCUT2D eigenvalue weighted by Crippen LogP contribution is -2.20. The third-order valence-corrected chi connectivity index (χ3v) is 3.80. The van der Waals surface area contributed by atoms with Crippen molar-refractivity contribution < 1.29 is 0 Å². The van der Waals surface area contributed by atoms with Crippen LogP contribution in [0.1, 0.15) is 56.5 Å². The van der Waals surface area contributed by atoms with Crippen LogP contribution in [-0.2, 0) is 13.1 Å². The van der Waals surface area contributed by atoms with Crippen molar-refractivity contribution in [1.82, 2.24) is 15.1 Å². The summed E-state index contributed by atoms with van der Waals surface area (Å²) in [6, 6.07) is 11.3. The molecule has 0 aliphatic heterocycles. The number of hydrogen-bond donors (Lipinski definition) is 1. The first kappa shape index (κ1) is 14.8. The fourth-order valence-electron chi connectivity index (χ4n) is 2.34. The summed E-state index contributed by atoms with van der Waals surface area (Å²) in [4.78, 5) is 0. The van der Waals surface area contributed by atoms with Crippen LogP contribution in [0.4, 0.5) is 0 Å². The van der Waals surface area contributed by atoms with Gasteiger partial charge in [0, 0.05) is 25.3 Å². The van der Waals surface area contributed by atoms with E-state index in [0.29, 0.717) is 12.0 Å². The van der Waals surface area contributed by atoms with Gasteiger partial charge in [0.05, 0.1) is 5.69 Å². The Balaban J connectivity index is 1.96. The van der Waals surface area contributed by atoms with Crippen molar-refractivity contribution in [3.05, 3.63) is 53.3 Å². The highest BCUT2D eigenvalue weighted by molar-refractivity contribution is 5.26.